The summed E-state index contributed by atoms with van der Waals surface area (Å²) < 4.78 is 24.3. The van der Waals surface area contributed by atoms with Gasteiger partial charge >= 0.3 is 0 Å². The summed E-state index contributed by atoms with van der Waals surface area (Å²) in [4.78, 5) is 6.35. The molecule has 5 nitrogen and oxygen atoms in total. The van der Waals surface area contributed by atoms with Crippen LogP contribution in [0.2, 0.25) is 0 Å². The third kappa shape index (κ3) is 6.57. The second kappa shape index (κ2) is 10.9. The number of ether oxygens (including phenoxy) is 2. The highest BCUT2D eigenvalue weighted by atomic mass is 127. The molecule has 1 aliphatic rings. The van der Waals surface area contributed by atoms with Crippen LogP contribution in [0.15, 0.2) is 23.2 Å². The Morgan fingerprint density at radius 3 is 2.65 bits per heavy atom. The number of benzene rings is 1. The van der Waals surface area contributed by atoms with Gasteiger partial charge in [0, 0.05) is 40.4 Å². The summed E-state index contributed by atoms with van der Waals surface area (Å²) in [5, 5.41) is 3.46. The van der Waals surface area contributed by atoms with Gasteiger partial charge in [0.1, 0.15) is 0 Å². The Morgan fingerprint density at radius 1 is 1.38 bits per heavy atom. The Morgan fingerprint density at radius 2 is 2.12 bits per heavy atom. The quantitative estimate of drug-likeness (QED) is 0.254. The number of aliphatic imine (C=N–C) groups is 1. The van der Waals surface area contributed by atoms with Gasteiger partial charge in [0.2, 0.25) is 0 Å². The predicted molar refractivity (Wildman–Crippen MR) is 114 cm³/mol. The highest BCUT2D eigenvalue weighted by Crippen LogP contribution is 2.48. The van der Waals surface area contributed by atoms with Crippen molar-refractivity contribution in [2.24, 2.45) is 10.4 Å². The molecule has 0 radical (unpaired) electrons. The van der Waals surface area contributed by atoms with Crippen LogP contribution in [0, 0.1) is 11.2 Å². The van der Waals surface area contributed by atoms with Gasteiger partial charge in [-0.05, 0) is 49.3 Å². The average Bonchev–Trinajstić information content (AvgIpc) is 3.36. The Labute approximate surface area is 173 Å². The van der Waals surface area contributed by atoms with Crippen molar-refractivity contribution in [2.45, 2.75) is 32.7 Å². The minimum Gasteiger partial charge on any atom is -0.494 e. The van der Waals surface area contributed by atoms with Crippen LogP contribution in [0.3, 0.4) is 0 Å². The first kappa shape index (κ1) is 23.0. The predicted octanol–water partition coefficient (Wildman–Crippen LogP) is 3.67. The fourth-order valence-corrected chi connectivity index (χ4v) is 2.93. The number of nitrogens with zero attached hydrogens (tertiary/aromatic N) is 2. The molecule has 1 aliphatic carbocycles. The van der Waals surface area contributed by atoms with Crippen molar-refractivity contribution in [1.82, 2.24) is 10.2 Å². The SMILES string of the molecule is CCOCCC1(CNC(=NC)N(C)Cc2ccc(OC)c(F)c2)CC1.I. The van der Waals surface area contributed by atoms with Crippen LogP contribution in [0.5, 0.6) is 5.75 Å². The van der Waals surface area contributed by atoms with E-state index in [0.717, 1.165) is 37.7 Å². The molecule has 0 amide bonds. The van der Waals surface area contributed by atoms with Gasteiger partial charge < -0.3 is 19.7 Å². The maximum absolute atomic E-state index is 13.8. The molecule has 0 bridgehead atoms. The van der Waals surface area contributed by atoms with Crippen LogP contribution in [0.4, 0.5) is 4.39 Å². The molecular weight excluding hydrogens is 448 g/mol. The fourth-order valence-electron chi connectivity index (χ4n) is 2.93. The highest BCUT2D eigenvalue weighted by molar-refractivity contribution is 14.0. The maximum Gasteiger partial charge on any atom is 0.193 e. The van der Waals surface area contributed by atoms with E-state index in [-0.39, 0.29) is 35.5 Å². The van der Waals surface area contributed by atoms with Gasteiger partial charge in [0.15, 0.2) is 17.5 Å². The molecule has 1 aromatic carbocycles. The molecule has 0 heterocycles. The van der Waals surface area contributed by atoms with Gasteiger partial charge in [-0.1, -0.05) is 6.07 Å². The van der Waals surface area contributed by atoms with Gasteiger partial charge in [-0.3, -0.25) is 4.99 Å². The Kier molecular flexibility index (Phi) is 9.63. The van der Waals surface area contributed by atoms with Crippen LogP contribution in [0.1, 0.15) is 31.7 Å². The van der Waals surface area contributed by atoms with E-state index in [1.54, 1.807) is 13.1 Å². The monoisotopic (exact) mass is 479 g/mol. The number of hydrogen-bond acceptors (Lipinski definition) is 3. The lowest BCUT2D eigenvalue weighted by Gasteiger charge is -2.25. The Hall–Kier alpha value is -1.09. The van der Waals surface area contributed by atoms with Crippen molar-refractivity contribution < 1.29 is 13.9 Å². The number of hydrogen-bond donors (Lipinski definition) is 1. The molecule has 148 valence electrons. The Balaban J connectivity index is 0.00000338. The number of rotatable bonds is 9. The largest absolute Gasteiger partial charge is 0.494 e. The van der Waals surface area contributed by atoms with Crippen molar-refractivity contribution in [3.63, 3.8) is 0 Å². The van der Waals surface area contributed by atoms with Crippen molar-refractivity contribution in [3.05, 3.63) is 29.6 Å². The second-order valence-corrected chi connectivity index (χ2v) is 6.67. The molecule has 1 aromatic rings. The summed E-state index contributed by atoms with van der Waals surface area (Å²) in [6.45, 7) is 5.08. The molecule has 0 unspecified atom stereocenters. The van der Waals surface area contributed by atoms with E-state index in [9.17, 15) is 4.39 Å². The van der Waals surface area contributed by atoms with E-state index in [2.05, 4.69) is 10.3 Å². The molecule has 0 aromatic heterocycles. The average molecular weight is 479 g/mol. The zero-order valence-electron chi connectivity index (χ0n) is 16.2. The van der Waals surface area contributed by atoms with E-state index in [4.69, 9.17) is 9.47 Å². The molecule has 26 heavy (non-hydrogen) atoms. The van der Waals surface area contributed by atoms with Crippen molar-refractivity contribution in [2.75, 3.05) is 41.0 Å². The first-order valence-corrected chi connectivity index (χ1v) is 8.85. The summed E-state index contributed by atoms with van der Waals surface area (Å²) in [5.74, 6) is 0.738. The number of methoxy groups -OCH3 is 1. The van der Waals surface area contributed by atoms with Crippen molar-refractivity contribution in [3.8, 4) is 5.75 Å². The lowest BCUT2D eigenvalue weighted by molar-refractivity contribution is 0.128. The molecule has 1 saturated carbocycles. The fraction of sp³-hybridized carbons (Fsp3) is 0.632. The molecule has 7 heteroatoms. The first-order chi connectivity index (χ1) is 12.0. The minimum absolute atomic E-state index is 0. The van der Waals surface area contributed by atoms with Crippen molar-refractivity contribution in [1.29, 1.82) is 0 Å². The summed E-state index contributed by atoms with van der Waals surface area (Å²) in [6, 6.07) is 5.03. The highest BCUT2D eigenvalue weighted by Gasteiger charge is 2.42. The third-order valence-electron chi connectivity index (χ3n) is 4.77. The van der Waals surface area contributed by atoms with E-state index >= 15 is 0 Å². The standard InChI is InChI=1S/C19H30FN3O2.HI/c1-5-25-11-10-19(8-9-19)14-22-18(21-2)23(3)13-15-6-7-17(24-4)16(20)12-15;/h6-7,12H,5,8-11,13-14H2,1-4H3,(H,21,22);1H. The van der Waals surface area contributed by atoms with Crippen LogP contribution in [-0.2, 0) is 11.3 Å². The maximum atomic E-state index is 13.8. The van der Waals surface area contributed by atoms with Gasteiger partial charge in [0.25, 0.3) is 0 Å². The smallest absolute Gasteiger partial charge is 0.193 e. The lowest BCUT2D eigenvalue weighted by atomic mass is 10.0. The number of nitrogens with one attached hydrogen (secondary N) is 1. The molecule has 0 aliphatic heterocycles. The van der Waals surface area contributed by atoms with Crippen LogP contribution in [-0.4, -0.2) is 51.8 Å². The first-order valence-electron chi connectivity index (χ1n) is 8.85. The Bertz CT molecular complexity index is 594. The van der Waals surface area contributed by atoms with E-state index < -0.39 is 0 Å². The van der Waals surface area contributed by atoms with Gasteiger partial charge in [-0.2, -0.15) is 0 Å². The second-order valence-electron chi connectivity index (χ2n) is 6.67. The molecule has 1 N–H and O–H groups in total. The van der Waals surface area contributed by atoms with E-state index in [1.807, 2.05) is 24.9 Å². The summed E-state index contributed by atoms with van der Waals surface area (Å²) in [5.41, 5.74) is 1.22. The van der Waals surface area contributed by atoms with Gasteiger partial charge in [0.05, 0.1) is 7.11 Å². The summed E-state index contributed by atoms with van der Waals surface area (Å²) in [6.07, 6.45) is 3.55. The van der Waals surface area contributed by atoms with Crippen LogP contribution in [0.25, 0.3) is 0 Å². The van der Waals surface area contributed by atoms with Crippen LogP contribution >= 0.6 is 24.0 Å². The molecule has 2 rings (SSSR count). The third-order valence-corrected chi connectivity index (χ3v) is 4.77. The number of guanidine groups is 1. The normalized spacial score (nSPS) is 15.2. The van der Waals surface area contributed by atoms with Gasteiger partial charge in [-0.25, -0.2) is 4.39 Å². The molecule has 1 fully saturated rings. The molecular formula is C19H31FIN3O2. The van der Waals surface area contributed by atoms with Crippen molar-refractivity contribution >= 4 is 29.9 Å². The van der Waals surface area contributed by atoms with Crippen LogP contribution < -0.4 is 10.1 Å². The van der Waals surface area contributed by atoms with E-state index in [1.165, 1.54) is 26.0 Å². The zero-order valence-corrected chi connectivity index (χ0v) is 18.5. The number of halogens is 2. The lowest BCUT2D eigenvalue weighted by Crippen LogP contribution is -2.41. The minimum atomic E-state index is -0.343. The summed E-state index contributed by atoms with van der Waals surface area (Å²) >= 11 is 0. The molecule has 0 spiro atoms. The topological polar surface area (TPSA) is 46.1 Å². The van der Waals surface area contributed by atoms with Gasteiger partial charge in [-0.15, -0.1) is 24.0 Å². The summed E-state index contributed by atoms with van der Waals surface area (Å²) in [7, 11) is 5.19. The molecule has 0 atom stereocenters. The zero-order chi connectivity index (χ0) is 18.3. The molecule has 0 saturated heterocycles. The van der Waals surface area contributed by atoms with E-state index in [0.29, 0.717) is 12.0 Å².